The largest absolute Gasteiger partial charge is 0.356 e. The fourth-order valence-corrected chi connectivity index (χ4v) is 3.94. The summed E-state index contributed by atoms with van der Waals surface area (Å²) in [6.45, 7) is 4.63. The third-order valence-electron chi connectivity index (χ3n) is 4.41. The third-order valence-corrected chi connectivity index (χ3v) is 5.06. The molecule has 1 aliphatic carbocycles. The number of rotatable bonds is 2. The van der Waals surface area contributed by atoms with E-state index in [4.69, 9.17) is 4.98 Å². The molecule has 2 aliphatic rings. The molecule has 2 nitrogen and oxygen atoms in total. The summed E-state index contributed by atoms with van der Waals surface area (Å²) in [6, 6.07) is 2.27. The Kier molecular flexibility index (Phi) is 3.60. The number of hydrogen-bond donors (Lipinski definition) is 0. The maximum atomic E-state index is 4.70. The first-order valence-electron chi connectivity index (χ1n) is 7.02. The summed E-state index contributed by atoms with van der Waals surface area (Å²) in [5.74, 6) is 3.04. The van der Waals surface area contributed by atoms with E-state index in [-0.39, 0.29) is 0 Å². The van der Waals surface area contributed by atoms with Crippen LogP contribution >= 0.6 is 15.9 Å². The summed E-state index contributed by atoms with van der Waals surface area (Å²) >= 11 is 3.50. The van der Waals surface area contributed by atoms with E-state index in [0.29, 0.717) is 0 Å². The van der Waals surface area contributed by atoms with Crippen LogP contribution in [0.3, 0.4) is 0 Å². The molecule has 2 fully saturated rings. The first-order valence-corrected chi connectivity index (χ1v) is 8.15. The normalized spacial score (nSPS) is 27.3. The van der Waals surface area contributed by atoms with Crippen LogP contribution in [0.4, 0.5) is 5.82 Å². The Morgan fingerprint density at radius 1 is 1.33 bits per heavy atom. The lowest BCUT2D eigenvalue weighted by molar-refractivity contribution is 0.230. The van der Waals surface area contributed by atoms with Crippen molar-refractivity contribution in [3.63, 3.8) is 0 Å². The Balaban J connectivity index is 1.82. The number of halogens is 1. The molecule has 1 aliphatic heterocycles. The van der Waals surface area contributed by atoms with Crippen LogP contribution in [0.1, 0.15) is 36.8 Å². The molecule has 18 heavy (non-hydrogen) atoms. The summed E-state index contributed by atoms with van der Waals surface area (Å²) < 4.78 is 0. The molecule has 2 atom stereocenters. The van der Waals surface area contributed by atoms with Crippen molar-refractivity contribution in [1.29, 1.82) is 0 Å². The van der Waals surface area contributed by atoms with E-state index in [2.05, 4.69) is 33.8 Å². The van der Waals surface area contributed by atoms with Gasteiger partial charge >= 0.3 is 0 Å². The van der Waals surface area contributed by atoms with Gasteiger partial charge in [-0.1, -0.05) is 28.4 Å². The Bertz CT molecular complexity index is 421. The average Bonchev–Trinajstić information content (AvgIpc) is 2.38. The highest BCUT2D eigenvalue weighted by molar-refractivity contribution is 9.08. The molecule has 2 heterocycles. The minimum Gasteiger partial charge on any atom is -0.356 e. The summed E-state index contributed by atoms with van der Waals surface area (Å²) in [5, 5.41) is 0.895. The van der Waals surface area contributed by atoms with Gasteiger partial charge in [-0.15, -0.1) is 0 Å². The molecule has 2 bridgehead atoms. The van der Waals surface area contributed by atoms with Crippen molar-refractivity contribution in [3.05, 3.63) is 23.4 Å². The zero-order chi connectivity index (χ0) is 12.5. The highest BCUT2D eigenvalue weighted by Gasteiger charge is 2.31. The minimum atomic E-state index is 0.895. The smallest absolute Gasteiger partial charge is 0.131 e. The van der Waals surface area contributed by atoms with Crippen molar-refractivity contribution in [2.75, 3.05) is 18.0 Å². The van der Waals surface area contributed by atoms with E-state index in [1.165, 1.54) is 55.7 Å². The molecule has 3 heteroatoms. The molecule has 0 amide bonds. The van der Waals surface area contributed by atoms with E-state index in [0.717, 1.165) is 17.2 Å². The van der Waals surface area contributed by atoms with Crippen molar-refractivity contribution in [3.8, 4) is 0 Å². The zero-order valence-electron chi connectivity index (χ0n) is 11.0. The van der Waals surface area contributed by atoms with Crippen molar-refractivity contribution in [2.24, 2.45) is 11.8 Å². The number of alkyl halides is 1. The van der Waals surface area contributed by atoms with Crippen LogP contribution in [0.15, 0.2) is 12.3 Å². The number of aromatic nitrogens is 1. The quantitative estimate of drug-likeness (QED) is 0.770. The van der Waals surface area contributed by atoms with Gasteiger partial charge in [-0.25, -0.2) is 4.98 Å². The molecule has 1 aromatic rings. The number of hydrogen-bond acceptors (Lipinski definition) is 2. The maximum absolute atomic E-state index is 4.70. The second-order valence-corrected chi connectivity index (χ2v) is 6.48. The van der Waals surface area contributed by atoms with Gasteiger partial charge in [-0.2, -0.15) is 0 Å². The van der Waals surface area contributed by atoms with Crippen LogP contribution in [0.5, 0.6) is 0 Å². The standard InChI is InChI=1S/C15H21BrN2/c1-11-5-14(7-16)8-17-15(11)18-9-12-3-2-4-13(6-12)10-18/h5,8,12-13H,2-4,6-7,9-10H2,1H3. The number of piperidine rings is 1. The highest BCUT2D eigenvalue weighted by atomic mass is 79.9. The number of pyridine rings is 1. The molecule has 1 saturated heterocycles. The van der Waals surface area contributed by atoms with E-state index >= 15 is 0 Å². The Morgan fingerprint density at radius 3 is 2.67 bits per heavy atom. The number of fused-ring (bicyclic) bond motifs is 2. The third kappa shape index (κ3) is 2.42. The van der Waals surface area contributed by atoms with Gasteiger partial charge in [0.15, 0.2) is 0 Å². The Hall–Kier alpha value is -0.570. The molecular weight excluding hydrogens is 288 g/mol. The summed E-state index contributed by atoms with van der Waals surface area (Å²) in [6.07, 6.45) is 7.76. The highest BCUT2D eigenvalue weighted by Crippen LogP contribution is 2.36. The maximum Gasteiger partial charge on any atom is 0.131 e. The van der Waals surface area contributed by atoms with Gasteiger partial charge in [0.2, 0.25) is 0 Å². The lowest BCUT2D eigenvalue weighted by Gasteiger charge is -2.42. The lowest BCUT2D eigenvalue weighted by atomic mass is 9.78. The van der Waals surface area contributed by atoms with Crippen LogP contribution in [-0.4, -0.2) is 18.1 Å². The van der Waals surface area contributed by atoms with Crippen molar-refractivity contribution in [2.45, 2.75) is 37.9 Å². The van der Waals surface area contributed by atoms with Gasteiger partial charge < -0.3 is 4.90 Å². The van der Waals surface area contributed by atoms with Crippen molar-refractivity contribution in [1.82, 2.24) is 4.98 Å². The minimum absolute atomic E-state index is 0.895. The second-order valence-electron chi connectivity index (χ2n) is 5.92. The molecule has 2 unspecified atom stereocenters. The Morgan fingerprint density at radius 2 is 2.06 bits per heavy atom. The van der Waals surface area contributed by atoms with Gasteiger partial charge in [0, 0.05) is 24.6 Å². The predicted octanol–water partition coefficient (Wildman–Crippen LogP) is 3.91. The first-order chi connectivity index (χ1) is 8.76. The molecule has 0 radical (unpaired) electrons. The Labute approximate surface area is 118 Å². The topological polar surface area (TPSA) is 16.1 Å². The number of nitrogens with zero attached hydrogens (tertiary/aromatic N) is 2. The molecule has 1 saturated carbocycles. The van der Waals surface area contributed by atoms with Crippen molar-refractivity contribution >= 4 is 21.7 Å². The number of aryl methyl sites for hydroxylation is 1. The van der Waals surface area contributed by atoms with E-state index in [9.17, 15) is 0 Å². The molecule has 0 aromatic carbocycles. The van der Waals surface area contributed by atoms with Gasteiger partial charge in [0.25, 0.3) is 0 Å². The van der Waals surface area contributed by atoms with Gasteiger partial charge in [-0.3, -0.25) is 0 Å². The fourth-order valence-electron chi connectivity index (χ4n) is 3.63. The van der Waals surface area contributed by atoms with Gasteiger partial charge in [-0.05, 0) is 49.1 Å². The average molecular weight is 309 g/mol. The monoisotopic (exact) mass is 308 g/mol. The fraction of sp³-hybridized carbons (Fsp3) is 0.667. The van der Waals surface area contributed by atoms with Gasteiger partial charge in [0.1, 0.15) is 5.82 Å². The molecule has 0 N–H and O–H groups in total. The SMILES string of the molecule is Cc1cc(CBr)cnc1N1CC2CCCC(C2)C1. The first kappa shape index (κ1) is 12.5. The van der Waals surface area contributed by atoms with Crippen LogP contribution in [-0.2, 0) is 5.33 Å². The molecule has 98 valence electrons. The van der Waals surface area contributed by atoms with Crippen LogP contribution < -0.4 is 4.90 Å². The molecule has 0 spiro atoms. The summed E-state index contributed by atoms with van der Waals surface area (Å²) in [5.41, 5.74) is 2.60. The lowest BCUT2D eigenvalue weighted by Crippen LogP contribution is -2.43. The second kappa shape index (κ2) is 5.20. The van der Waals surface area contributed by atoms with Gasteiger partial charge in [0.05, 0.1) is 0 Å². The predicted molar refractivity (Wildman–Crippen MR) is 79.3 cm³/mol. The van der Waals surface area contributed by atoms with Crippen LogP contribution in [0.2, 0.25) is 0 Å². The van der Waals surface area contributed by atoms with E-state index in [1.54, 1.807) is 0 Å². The van der Waals surface area contributed by atoms with Crippen LogP contribution in [0.25, 0.3) is 0 Å². The zero-order valence-corrected chi connectivity index (χ0v) is 12.6. The number of anilines is 1. The molecule has 3 rings (SSSR count). The summed E-state index contributed by atoms with van der Waals surface area (Å²) in [4.78, 5) is 7.23. The van der Waals surface area contributed by atoms with E-state index in [1.807, 2.05) is 6.20 Å². The van der Waals surface area contributed by atoms with E-state index < -0.39 is 0 Å². The van der Waals surface area contributed by atoms with Crippen LogP contribution in [0, 0.1) is 18.8 Å². The molecule has 1 aromatic heterocycles. The van der Waals surface area contributed by atoms with Crippen molar-refractivity contribution < 1.29 is 0 Å². The summed E-state index contributed by atoms with van der Waals surface area (Å²) in [7, 11) is 0. The molecular formula is C15H21BrN2.